The molecule has 520 valence electrons. The normalized spacial score (nSPS) is 11.6. The fourth-order valence-corrected chi connectivity index (χ4v) is 17.1. The molecule has 30 heteroatoms. The Bertz CT molecular complexity index is 4600. The summed E-state index contributed by atoms with van der Waals surface area (Å²) in [4.78, 5) is 0.951. The second-order valence-corrected chi connectivity index (χ2v) is 32.1. The molecule has 0 atom stereocenters. The van der Waals surface area contributed by atoms with E-state index in [9.17, 15) is 105 Å². The van der Waals surface area contributed by atoms with Gasteiger partial charge in [-0.3, -0.25) is 0 Å². The lowest BCUT2D eigenvalue weighted by Crippen LogP contribution is -3.61. The van der Waals surface area contributed by atoms with Gasteiger partial charge >= 0.3 is 21.2 Å². The van der Waals surface area contributed by atoms with E-state index in [1.54, 1.807) is 0 Å². The molecule has 100 heavy (non-hydrogen) atoms. The minimum atomic E-state index is -5.77. The monoisotopic (exact) mass is 1600 g/mol. The summed E-state index contributed by atoms with van der Waals surface area (Å²) >= 11 is -0.278. The van der Waals surface area contributed by atoms with Crippen LogP contribution in [0.1, 0.15) is 22.3 Å². The maximum Gasteiger partial charge on any atom is 0.357 e. The van der Waals surface area contributed by atoms with Gasteiger partial charge in [-0.25, -0.2) is 91.1 Å². The first-order valence-corrected chi connectivity index (χ1v) is 37.0. The van der Waals surface area contributed by atoms with Crippen LogP contribution in [-0.4, -0.2) is 38.9 Å². The molecule has 0 aliphatic heterocycles. The van der Waals surface area contributed by atoms with E-state index in [-0.39, 0.29) is 43.0 Å². The molecular weight excluding hydrogens is 1560 g/mol. The van der Waals surface area contributed by atoms with E-state index in [4.69, 9.17) is 0 Å². The Kier molecular flexibility index (Phi) is 24.7. The first kappa shape index (κ1) is 77.3. The topological polar surface area (TPSA) is 172 Å². The van der Waals surface area contributed by atoms with Crippen LogP contribution in [0.2, 0.25) is 0 Å². The van der Waals surface area contributed by atoms with Gasteiger partial charge in [-0.2, -0.15) is 0 Å². The van der Waals surface area contributed by atoms with E-state index < -0.39 is 132 Å². The molecule has 0 N–H and O–H groups in total. The largest absolute Gasteiger partial charge is 0.744 e. The van der Waals surface area contributed by atoms with Crippen molar-refractivity contribution in [2.75, 3.05) is 0 Å². The van der Waals surface area contributed by atoms with Gasteiger partial charge in [0.1, 0.15) is 45.0 Å². The van der Waals surface area contributed by atoms with Crippen molar-refractivity contribution in [2.24, 2.45) is 0 Å². The maximum absolute atomic E-state index is 12.6. The Morgan fingerprint density at radius 1 is 0.230 bits per heavy atom. The Labute approximate surface area is 578 Å². The highest BCUT2D eigenvalue weighted by Gasteiger charge is 2.34. The molecule has 0 saturated heterocycles. The van der Waals surface area contributed by atoms with E-state index in [0.29, 0.717) is 0 Å². The predicted molar refractivity (Wildman–Crippen MR) is 333 cm³/mol. The lowest BCUT2D eigenvalue weighted by atomic mass is 10.1. The number of rotatable bonds is 13. The molecule has 0 aliphatic carbocycles. The number of hydrogen-bond donors (Lipinski definition) is 0. The van der Waals surface area contributed by atoms with Crippen molar-refractivity contribution in [1.29, 1.82) is 0 Å². The van der Waals surface area contributed by atoms with Crippen LogP contribution in [0.3, 0.4) is 0 Å². The molecule has 0 saturated carbocycles. The summed E-state index contributed by atoms with van der Waals surface area (Å²) in [5.74, 6) is -38.5. The standard InChI is InChI=1S/C52H44IS2.3C6HF5O3S/c1-37-5-25-47(26-6-37)54(48-27-7-38(2)8-28-48)51-33-17-43(18-34-51)41-13-21-45(22-14-41)53-46-23-15-42(16-24-46)44-19-35-52(36-20-44)55(49-29-9-39(3)10-30-49)50-31-11-40(4)12-32-50;3*7-1-2(8)4(10)6(15(12,13)14)5(11)3(1)9/h5-36H,1-4H3;3*(H,12,13,14)/q+3;;;/p-3. The lowest BCUT2D eigenvalue weighted by molar-refractivity contribution is -0.597. The number of aryl methyl sites for hydroxylation is 4. The van der Waals surface area contributed by atoms with Crippen molar-refractivity contribution in [3.63, 3.8) is 0 Å². The second-order valence-electron chi connectivity index (χ2n) is 21.1. The molecule has 0 spiro atoms. The fourth-order valence-electron chi connectivity index (χ4n) is 9.03. The van der Waals surface area contributed by atoms with Crippen molar-refractivity contribution < 1.29 is 126 Å². The van der Waals surface area contributed by atoms with Crippen LogP contribution in [0.15, 0.2) is 238 Å². The third-order valence-corrected chi connectivity index (χ3v) is 23.8. The first-order valence-electron chi connectivity index (χ1n) is 28.1. The first-order chi connectivity index (χ1) is 46.9. The van der Waals surface area contributed by atoms with Gasteiger partial charge in [0.2, 0.25) is 17.5 Å². The van der Waals surface area contributed by atoms with Crippen LogP contribution in [0, 0.1) is 122 Å². The Balaban J connectivity index is 0.000000227. The zero-order valence-electron chi connectivity index (χ0n) is 51.2. The zero-order chi connectivity index (χ0) is 73.6. The average molecular weight is 1600 g/mol. The number of hydrogen-bond acceptors (Lipinski definition) is 9. The third kappa shape index (κ3) is 18.0. The van der Waals surface area contributed by atoms with Crippen LogP contribution in [0.5, 0.6) is 0 Å². The highest BCUT2D eigenvalue weighted by Crippen LogP contribution is 2.36. The van der Waals surface area contributed by atoms with Crippen LogP contribution in [0.25, 0.3) is 22.3 Å². The molecule has 0 bridgehead atoms. The van der Waals surface area contributed by atoms with E-state index in [0.717, 1.165) is 0 Å². The van der Waals surface area contributed by atoms with Gasteiger partial charge in [-0.05, 0) is 196 Å². The Morgan fingerprint density at radius 2 is 0.370 bits per heavy atom. The van der Waals surface area contributed by atoms with E-state index in [2.05, 4.69) is 222 Å². The summed E-state index contributed by atoms with van der Waals surface area (Å²) in [7, 11) is -17.6. The molecule has 0 radical (unpaired) electrons. The van der Waals surface area contributed by atoms with Gasteiger partial charge < -0.3 is 13.7 Å². The molecule has 0 heterocycles. The smallest absolute Gasteiger partial charge is 0.357 e. The van der Waals surface area contributed by atoms with Crippen molar-refractivity contribution in [3.8, 4) is 22.3 Å². The maximum atomic E-state index is 12.6. The van der Waals surface area contributed by atoms with E-state index in [1.807, 2.05) is 0 Å². The zero-order valence-corrected chi connectivity index (χ0v) is 57.5. The Morgan fingerprint density at radius 3 is 0.530 bits per heavy atom. The molecule has 0 fully saturated rings. The minimum Gasteiger partial charge on any atom is -0.744 e. The minimum absolute atomic E-state index is 0.151. The molecule has 9 nitrogen and oxygen atoms in total. The van der Waals surface area contributed by atoms with Crippen LogP contribution in [-0.2, 0) is 52.1 Å². The van der Waals surface area contributed by atoms with Crippen LogP contribution < -0.4 is 21.2 Å². The molecule has 11 rings (SSSR count). The van der Waals surface area contributed by atoms with Gasteiger partial charge in [-0.1, -0.05) is 70.8 Å². The predicted octanol–water partition coefficient (Wildman–Crippen LogP) is 14.4. The summed E-state index contributed by atoms with van der Waals surface area (Å²) in [6, 6.07) is 73.0. The average Bonchev–Trinajstić information content (AvgIpc) is 0.907. The summed E-state index contributed by atoms with van der Waals surface area (Å²) in [6.07, 6.45) is 0. The fraction of sp³-hybridized carbons (Fsp3) is 0.0571. The second kappa shape index (κ2) is 32.0. The molecule has 0 aromatic heterocycles. The molecule has 11 aromatic carbocycles. The quantitative estimate of drug-likeness (QED) is 0.0272. The molecule has 0 amide bonds. The van der Waals surface area contributed by atoms with E-state index >= 15 is 0 Å². The molecule has 0 unspecified atom stereocenters. The number of halogens is 16. The summed E-state index contributed by atoms with van der Waals surface area (Å²) in [6.45, 7) is 8.62. The highest BCUT2D eigenvalue weighted by molar-refractivity contribution is 7.97. The lowest BCUT2D eigenvalue weighted by Gasteiger charge is -2.10. The van der Waals surface area contributed by atoms with Gasteiger partial charge in [0.25, 0.3) is 0 Å². The van der Waals surface area contributed by atoms with Gasteiger partial charge in [0, 0.05) is 0 Å². The third-order valence-electron chi connectivity index (χ3n) is 14.0. The number of benzene rings is 11. The summed E-state index contributed by atoms with van der Waals surface area (Å²) in [5, 5.41) is 0. The van der Waals surface area contributed by atoms with Crippen LogP contribution in [0.4, 0.5) is 65.9 Å². The van der Waals surface area contributed by atoms with Crippen molar-refractivity contribution in [2.45, 2.75) is 71.8 Å². The van der Waals surface area contributed by atoms with Gasteiger partial charge in [0.05, 0.1) is 21.8 Å². The van der Waals surface area contributed by atoms with Crippen molar-refractivity contribution >= 4 is 52.1 Å². The molecule has 0 aliphatic rings. The molecular formula is C70H44F15IO9S5. The van der Waals surface area contributed by atoms with Gasteiger partial charge in [0.15, 0.2) is 106 Å². The van der Waals surface area contributed by atoms with Crippen LogP contribution >= 0.6 is 0 Å². The van der Waals surface area contributed by atoms with E-state index in [1.165, 1.54) is 81.0 Å². The van der Waals surface area contributed by atoms with Crippen molar-refractivity contribution in [3.05, 3.63) is 311 Å². The summed E-state index contributed by atoms with van der Waals surface area (Å²) in [5.41, 5.74) is 10.2. The summed E-state index contributed by atoms with van der Waals surface area (Å²) < 4.78 is 282. The Hall–Kier alpha value is -8.47. The van der Waals surface area contributed by atoms with Gasteiger partial charge in [-0.15, -0.1) is 0 Å². The molecule has 11 aromatic rings. The SMILES string of the molecule is Cc1ccc([S+](c2ccc(C)cc2)c2ccc(-c3ccc([I+]c4ccc(-c5ccc([S+](c6ccc(C)cc6)c6ccc(C)cc6)cc5)cc4)cc3)cc2)cc1.O=S(=O)([O-])c1c(F)c(F)c(F)c(F)c1F.O=S(=O)([O-])c1c(F)c(F)c(F)c(F)c1F.O=S(=O)([O-])c1c(F)c(F)c(F)c(F)c1F. The highest BCUT2D eigenvalue weighted by atomic mass is 127. The van der Waals surface area contributed by atoms with Crippen molar-refractivity contribution in [1.82, 2.24) is 0 Å².